The van der Waals surface area contributed by atoms with Crippen LogP contribution in [0.4, 0.5) is 0 Å². The van der Waals surface area contributed by atoms with Gasteiger partial charge in [-0.1, -0.05) is 0 Å². The van der Waals surface area contributed by atoms with E-state index in [1.807, 2.05) is 29.5 Å². The second-order valence-electron chi connectivity index (χ2n) is 8.09. The normalized spacial score (nSPS) is 24.5. The number of carbonyl (C=O) groups is 1. The van der Waals surface area contributed by atoms with Gasteiger partial charge in [-0.3, -0.25) is 19.4 Å². The highest BCUT2D eigenvalue weighted by Crippen LogP contribution is 2.35. The molecule has 4 rings (SSSR count). The van der Waals surface area contributed by atoms with Gasteiger partial charge in [-0.2, -0.15) is 5.10 Å². The summed E-state index contributed by atoms with van der Waals surface area (Å²) in [4.78, 5) is 19.6. The molecule has 2 saturated heterocycles. The summed E-state index contributed by atoms with van der Waals surface area (Å²) in [7, 11) is 0. The zero-order valence-electron chi connectivity index (χ0n) is 17.3. The number of carbonyl (C=O) groups excluding carboxylic acids is 1. The molecule has 1 unspecified atom stereocenters. The van der Waals surface area contributed by atoms with Crippen LogP contribution in [0.25, 0.3) is 0 Å². The van der Waals surface area contributed by atoms with Crippen LogP contribution in [0.1, 0.15) is 56.4 Å². The van der Waals surface area contributed by atoms with Crippen LogP contribution in [0.3, 0.4) is 0 Å². The summed E-state index contributed by atoms with van der Waals surface area (Å²) in [5.74, 6) is -0.00402. The molecular formula is C22H31N5O2. The van der Waals surface area contributed by atoms with Gasteiger partial charge in [0.15, 0.2) is 0 Å². The van der Waals surface area contributed by atoms with Crippen molar-refractivity contribution in [2.24, 2.45) is 5.92 Å². The molecule has 0 aliphatic carbocycles. The maximum absolute atomic E-state index is 13.0. The van der Waals surface area contributed by atoms with Crippen LogP contribution < -0.4 is 5.32 Å². The molecule has 2 aliphatic heterocycles. The van der Waals surface area contributed by atoms with Gasteiger partial charge in [0.05, 0.1) is 18.2 Å². The van der Waals surface area contributed by atoms with E-state index >= 15 is 0 Å². The number of ether oxygens (including phenoxy) is 1. The largest absolute Gasteiger partial charge is 0.373 e. The van der Waals surface area contributed by atoms with E-state index < -0.39 is 0 Å². The third-order valence-corrected chi connectivity index (χ3v) is 6.35. The first-order valence-corrected chi connectivity index (χ1v) is 10.7. The quantitative estimate of drug-likeness (QED) is 0.811. The molecule has 156 valence electrons. The standard InChI is InChI=1S/C22H31N5O2/c1-3-27-15-18(14-24-27)21-20(8-13-29-21)22(28)25-19-6-11-26(12-7-19)16(2)17-4-9-23-10-5-17/h4-5,9-10,14-16,19-21H,3,6-8,11-13H2,1-2H3,(H,25,28)/t16?,20-,21+/m0/s1. The van der Waals surface area contributed by atoms with E-state index in [0.29, 0.717) is 12.6 Å². The minimum Gasteiger partial charge on any atom is -0.373 e. The van der Waals surface area contributed by atoms with Crippen LogP contribution in [-0.2, 0) is 16.1 Å². The molecule has 2 aromatic rings. The summed E-state index contributed by atoms with van der Waals surface area (Å²) in [6, 6.07) is 4.78. The molecule has 0 bridgehead atoms. The average molecular weight is 398 g/mol. The summed E-state index contributed by atoms with van der Waals surface area (Å²) in [6.07, 6.45) is 10.1. The molecule has 1 amide bonds. The molecule has 29 heavy (non-hydrogen) atoms. The lowest BCUT2D eigenvalue weighted by molar-refractivity contribution is -0.127. The van der Waals surface area contributed by atoms with Gasteiger partial charge in [-0.05, 0) is 50.8 Å². The first-order valence-electron chi connectivity index (χ1n) is 10.7. The fourth-order valence-corrected chi connectivity index (χ4v) is 4.48. The van der Waals surface area contributed by atoms with E-state index in [2.05, 4.69) is 46.3 Å². The third kappa shape index (κ3) is 4.51. The Balaban J connectivity index is 1.30. The van der Waals surface area contributed by atoms with Gasteiger partial charge in [-0.25, -0.2) is 0 Å². The highest BCUT2D eigenvalue weighted by molar-refractivity contribution is 5.80. The van der Waals surface area contributed by atoms with E-state index in [0.717, 1.165) is 44.5 Å². The SMILES string of the molecule is CCn1cc([C@H]2OCC[C@@H]2C(=O)NC2CCN(C(C)c3ccncc3)CC2)cn1. The van der Waals surface area contributed by atoms with Crippen molar-refractivity contribution < 1.29 is 9.53 Å². The number of hydrogen-bond donors (Lipinski definition) is 1. The summed E-state index contributed by atoms with van der Waals surface area (Å²) in [6.45, 7) is 7.72. The highest BCUT2D eigenvalue weighted by atomic mass is 16.5. The van der Waals surface area contributed by atoms with Crippen LogP contribution in [0, 0.1) is 5.92 Å². The fourth-order valence-electron chi connectivity index (χ4n) is 4.48. The van der Waals surface area contributed by atoms with Gasteiger partial charge in [-0.15, -0.1) is 0 Å². The Kier molecular flexibility index (Phi) is 6.25. The summed E-state index contributed by atoms with van der Waals surface area (Å²) in [5.41, 5.74) is 2.30. The van der Waals surface area contributed by atoms with Crippen molar-refractivity contribution in [2.45, 2.75) is 57.8 Å². The Morgan fingerprint density at radius 3 is 2.72 bits per heavy atom. The van der Waals surface area contributed by atoms with Gasteiger partial charge in [0.1, 0.15) is 0 Å². The van der Waals surface area contributed by atoms with Gasteiger partial charge in [0, 0.05) is 62.5 Å². The van der Waals surface area contributed by atoms with Crippen molar-refractivity contribution in [1.82, 2.24) is 25.0 Å². The van der Waals surface area contributed by atoms with Crippen molar-refractivity contribution in [2.75, 3.05) is 19.7 Å². The second-order valence-corrected chi connectivity index (χ2v) is 8.09. The molecule has 1 N–H and O–H groups in total. The maximum atomic E-state index is 13.0. The average Bonchev–Trinajstić information content (AvgIpc) is 3.43. The van der Waals surface area contributed by atoms with Crippen LogP contribution in [-0.4, -0.2) is 51.3 Å². The first kappa shape index (κ1) is 20.0. The Hall–Kier alpha value is -2.25. The third-order valence-electron chi connectivity index (χ3n) is 6.35. The Morgan fingerprint density at radius 2 is 2.03 bits per heavy atom. The van der Waals surface area contributed by atoms with Gasteiger partial charge < -0.3 is 10.1 Å². The molecule has 4 heterocycles. The first-order chi connectivity index (χ1) is 14.2. The number of likely N-dealkylation sites (tertiary alicyclic amines) is 1. The topological polar surface area (TPSA) is 72.3 Å². The number of aryl methyl sites for hydroxylation is 1. The lowest BCUT2D eigenvalue weighted by Crippen LogP contribution is -2.47. The van der Waals surface area contributed by atoms with E-state index in [4.69, 9.17) is 4.74 Å². The van der Waals surface area contributed by atoms with E-state index in [-0.39, 0.29) is 24.0 Å². The van der Waals surface area contributed by atoms with Crippen LogP contribution in [0.2, 0.25) is 0 Å². The van der Waals surface area contributed by atoms with E-state index in [9.17, 15) is 4.79 Å². The maximum Gasteiger partial charge on any atom is 0.226 e. The summed E-state index contributed by atoms with van der Waals surface area (Å²) < 4.78 is 7.77. The highest BCUT2D eigenvalue weighted by Gasteiger charge is 2.37. The molecule has 7 nitrogen and oxygen atoms in total. The van der Waals surface area contributed by atoms with Crippen LogP contribution in [0.15, 0.2) is 36.9 Å². The predicted octanol–water partition coefficient (Wildman–Crippen LogP) is 2.72. The molecule has 0 saturated carbocycles. The van der Waals surface area contributed by atoms with E-state index in [1.165, 1.54) is 5.56 Å². The number of pyridine rings is 1. The minimum atomic E-state index is -0.179. The van der Waals surface area contributed by atoms with Crippen molar-refractivity contribution in [3.8, 4) is 0 Å². The lowest BCUT2D eigenvalue weighted by Gasteiger charge is -2.36. The summed E-state index contributed by atoms with van der Waals surface area (Å²) >= 11 is 0. The number of piperidine rings is 1. The number of aromatic nitrogens is 3. The van der Waals surface area contributed by atoms with Crippen molar-refractivity contribution in [1.29, 1.82) is 0 Å². The number of nitrogens with one attached hydrogen (secondary N) is 1. The number of amides is 1. The molecule has 0 radical (unpaired) electrons. The fraction of sp³-hybridized carbons (Fsp3) is 0.591. The molecule has 0 spiro atoms. The molecule has 3 atom stereocenters. The molecule has 2 aliphatic rings. The Labute approximate surface area is 172 Å². The Bertz CT molecular complexity index is 801. The van der Waals surface area contributed by atoms with Gasteiger partial charge in [0.25, 0.3) is 0 Å². The predicted molar refractivity (Wildman–Crippen MR) is 110 cm³/mol. The lowest BCUT2D eigenvalue weighted by atomic mass is 9.95. The Morgan fingerprint density at radius 1 is 1.28 bits per heavy atom. The zero-order chi connectivity index (χ0) is 20.2. The molecule has 7 heteroatoms. The van der Waals surface area contributed by atoms with E-state index in [1.54, 1.807) is 0 Å². The van der Waals surface area contributed by atoms with Crippen LogP contribution >= 0.6 is 0 Å². The molecular weight excluding hydrogens is 366 g/mol. The van der Waals surface area contributed by atoms with Gasteiger partial charge in [0.2, 0.25) is 5.91 Å². The molecule has 2 fully saturated rings. The number of nitrogens with zero attached hydrogens (tertiary/aromatic N) is 4. The molecule has 2 aromatic heterocycles. The monoisotopic (exact) mass is 397 g/mol. The zero-order valence-corrected chi connectivity index (χ0v) is 17.3. The van der Waals surface area contributed by atoms with Crippen molar-refractivity contribution >= 4 is 5.91 Å². The summed E-state index contributed by atoms with van der Waals surface area (Å²) in [5, 5.41) is 7.63. The van der Waals surface area contributed by atoms with Crippen LogP contribution in [0.5, 0.6) is 0 Å². The smallest absolute Gasteiger partial charge is 0.226 e. The van der Waals surface area contributed by atoms with Crippen molar-refractivity contribution in [3.05, 3.63) is 48.0 Å². The van der Waals surface area contributed by atoms with Gasteiger partial charge >= 0.3 is 0 Å². The minimum absolute atomic E-state index is 0.123. The number of rotatable bonds is 6. The molecule has 0 aromatic carbocycles. The number of hydrogen-bond acceptors (Lipinski definition) is 5. The van der Waals surface area contributed by atoms with Crippen molar-refractivity contribution in [3.63, 3.8) is 0 Å². The second kappa shape index (κ2) is 9.05.